The summed E-state index contributed by atoms with van der Waals surface area (Å²) >= 11 is 0. The zero-order chi connectivity index (χ0) is 20.9. The molecule has 0 saturated carbocycles. The maximum Gasteiger partial charge on any atom is 0.157 e. The van der Waals surface area contributed by atoms with E-state index in [9.17, 15) is 10.2 Å². The van der Waals surface area contributed by atoms with Crippen LogP contribution in [0.25, 0.3) is 0 Å². The summed E-state index contributed by atoms with van der Waals surface area (Å²) < 4.78 is 0. The molecular weight excluding hydrogens is 344 g/mol. The predicted octanol–water partition coefficient (Wildman–Crippen LogP) is 8.03. The summed E-state index contributed by atoms with van der Waals surface area (Å²) in [7, 11) is 0. The third kappa shape index (κ3) is 11.4. The van der Waals surface area contributed by atoms with E-state index in [4.69, 9.17) is 0 Å². The van der Waals surface area contributed by atoms with Gasteiger partial charge >= 0.3 is 0 Å². The number of phenolic OH excluding ortho intramolecular Hbond substituents is 2. The average molecular weight is 389 g/mol. The molecule has 0 heterocycles. The van der Waals surface area contributed by atoms with Gasteiger partial charge in [0, 0.05) is 0 Å². The Kier molecular flexibility index (Phi) is 12.0. The van der Waals surface area contributed by atoms with Gasteiger partial charge in [-0.05, 0) is 61.6 Å². The van der Waals surface area contributed by atoms with Gasteiger partial charge in [-0.2, -0.15) is 0 Å². The van der Waals surface area contributed by atoms with Crippen LogP contribution in [0.2, 0.25) is 0 Å². The number of allylic oxidation sites excluding steroid dienone is 2. The lowest BCUT2D eigenvalue weighted by atomic mass is 9.91. The first-order valence-corrected chi connectivity index (χ1v) is 11.4. The lowest BCUT2D eigenvalue weighted by Crippen LogP contribution is -2.00. The van der Waals surface area contributed by atoms with Crippen molar-refractivity contribution < 1.29 is 10.2 Å². The van der Waals surface area contributed by atoms with Crippen molar-refractivity contribution in [3.63, 3.8) is 0 Å². The largest absolute Gasteiger partial charge is 0.504 e. The Morgan fingerprint density at radius 2 is 1.39 bits per heavy atom. The Labute approximate surface area is 174 Å². The van der Waals surface area contributed by atoms with E-state index in [0.717, 1.165) is 36.2 Å². The Morgan fingerprint density at radius 3 is 1.96 bits per heavy atom. The van der Waals surface area contributed by atoms with Crippen molar-refractivity contribution in [2.45, 2.75) is 98.8 Å². The third-order valence-electron chi connectivity index (χ3n) is 5.87. The summed E-state index contributed by atoms with van der Waals surface area (Å²) in [5.74, 6) is 2.47. The fraction of sp³-hybridized carbons (Fsp3) is 0.692. The number of rotatable bonds is 14. The summed E-state index contributed by atoms with van der Waals surface area (Å²) in [5, 5.41) is 18.9. The fourth-order valence-corrected chi connectivity index (χ4v) is 3.80. The lowest BCUT2D eigenvalue weighted by molar-refractivity contribution is 0.389. The van der Waals surface area contributed by atoms with Crippen LogP contribution >= 0.6 is 0 Å². The van der Waals surface area contributed by atoms with Crippen LogP contribution in [0.15, 0.2) is 29.8 Å². The maximum atomic E-state index is 9.57. The number of phenols is 2. The van der Waals surface area contributed by atoms with Crippen molar-refractivity contribution in [3.05, 3.63) is 35.4 Å². The second-order valence-corrected chi connectivity index (χ2v) is 9.44. The molecule has 1 aromatic carbocycles. The highest BCUT2D eigenvalue weighted by atomic mass is 16.3. The lowest BCUT2D eigenvalue weighted by Gasteiger charge is -2.15. The van der Waals surface area contributed by atoms with Gasteiger partial charge < -0.3 is 10.2 Å². The molecule has 2 heteroatoms. The number of aromatic hydroxyl groups is 2. The second kappa shape index (κ2) is 13.7. The SMILES string of the molecule is C/C(=C\Cc1ccc(O)c(O)c1)CCCC(C)CCCC(C)CCCC(C)C. The van der Waals surface area contributed by atoms with Gasteiger partial charge in [-0.15, -0.1) is 0 Å². The van der Waals surface area contributed by atoms with E-state index in [0.29, 0.717) is 0 Å². The van der Waals surface area contributed by atoms with E-state index in [2.05, 4.69) is 40.7 Å². The molecular formula is C26H44O2. The zero-order valence-electron chi connectivity index (χ0n) is 19.0. The quantitative estimate of drug-likeness (QED) is 0.250. The van der Waals surface area contributed by atoms with Gasteiger partial charge in [0.1, 0.15) is 0 Å². The van der Waals surface area contributed by atoms with E-state index in [1.165, 1.54) is 56.9 Å². The summed E-state index contributed by atoms with van der Waals surface area (Å²) in [6.07, 6.45) is 15.1. The zero-order valence-corrected chi connectivity index (χ0v) is 19.0. The van der Waals surface area contributed by atoms with Crippen molar-refractivity contribution in [2.75, 3.05) is 0 Å². The summed E-state index contributed by atoms with van der Waals surface area (Å²) in [5.41, 5.74) is 2.45. The monoisotopic (exact) mass is 388 g/mol. The van der Waals surface area contributed by atoms with Gasteiger partial charge in [-0.1, -0.05) is 90.4 Å². The molecule has 0 fully saturated rings. The van der Waals surface area contributed by atoms with Gasteiger partial charge in [-0.3, -0.25) is 0 Å². The van der Waals surface area contributed by atoms with Crippen molar-refractivity contribution in [1.82, 2.24) is 0 Å². The molecule has 1 aromatic rings. The smallest absolute Gasteiger partial charge is 0.157 e. The van der Waals surface area contributed by atoms with Crippen LogP contribution in [0.3, 0.4) is 0 Å². The van der Waals surface area contributed by atoms with Crippen molar-refractivity contribution >= 4 is 0 Å². The molecule has 0 aromatic heterocycles. The molecule has 160 valence electrons. The van der Waals surface area contributed by atoms with Crippen molar-refractivity contribution in [1.29, 1.82) is 0 Å². The molecule has 0 aliphatic rings. The Hall–Kier alpha value is -1.44. The molecule has 0 spiro atoms. The van der Waals surface area contributed by atoms with Gasteiger partial charge in [0.15, 0.2) is 11.5 Å². The van der Waals surface area contributed by atoms with Crippen molar-refractivity contribution in [3.8, 4) is 11.5 Å². The molecule has 0 aliphatic carbocycles. The van der Waals surface area contributed by atoms with E-state index < -0.39 is 0 Å². The molecule has 0 aliphatic heterocycles. The number of hydrogen-bond acceptors (Lipinski definition) is 2. The minimum Gasteiger partial charge on any atom is -0.504 e. The molecule has 0 radical (unpaired) electrons. The van der Waals surface area contributed by atoms with Crippen LogP contribution in [0.1, 0.15) is 98.0 Å². The number of hydrogen-bond donors (Lipinski definition) is 2. The molecule has 0 saturated heterocycles. The van der Waals surface area contributed by atoms with Crippen LogP contribution < -0.4 is 0 Å². The van der Waals surface area contributed by atoms with Crippen LogP contribution in [0, 0.1) is 17.8 Å². The van der Waals surface area contributed by atoms with Crippen LogP contribution in [-0.4, -0.2) is 10.2 Å². The molecule has 0 amide bonds. The summed E-state index contributed by atoms with van der Waals surface area (Å²) in [6.45, 7) is 11.7. The van der Waals surface area contributed by atoms with Gasteiger partial charge in [0.05, 0.1) is 0 Å². The molecule has 0 bridgehead atoms. The first kappa shape index (κ1) is 24.6. The molecule has 2 atom stereocenters. The van der Waals surface area contributed by atoms with Crippen LogP contribution in [0.4, 0.5) is 0 Å². The van der Waals surface area contributed by atoms with Gasteiger partial charge in [-0.25, -0.2) is 0 Å². The standard InChI is InChI=1S/C26H44O2/c1-20(2)9-6-10-21(3)11-7-12-22(4)13-8-14-23(5)15-16-24-17-18-25(27)26(28)19-24/h15,17-22,27-28H,6-14,16H2,1-5H3/b23-15+. The minimum atomic E-state index is -0.0524. The molecule has 2 nitrogen and oxygen atoms in total. The molecule has 1 rings (SSSR count). The topological polar surface area (TPSA) is 40.5 Å². The average Bonchev–Trinajstić information content (AvgIpc) is 2.62. The third-order valence-corrected chi connectivity index (χ3v) is 5.87. The van der Waals surface area contributed by atoms with Crippen molar-refractivity contribution in [2.24, 2.45) is 17.8 Å². The van der Waals surface area contributed by atoms with Crippen LogP contribution in [-0.2, 0) is 6.42 Å². The molecule has 28 heavy (non-hydrogen) atoms. The fourth-order valence-electron chi connectivity index (χ4n) is 3.80. The highest BCUT2D eigenvalue weighted by Crippen LogP contribution is 2.26. The first-order chi connectivity index (χ1) is 13.3. The Balaban J connectivity index is 2.14. The van der Waals surface area contributed by atoms with Crippen LogP contribution in [0.5, 0.6) is 11.5 Å². The van der Waals surface area contributed by atoms with Gasteiger partial charge in [0.2, 0.25) is 0 Å². The molecule has 2 N–H and O–H groups in total. The summed E-state index contributed by atoms with van der Waals surface area (Å²) in [4.78, 5) is 0. The van der Waals surface area contributed by atoms with E-state index >= 15 is 0 Å². The Bertz CT molecular complexity index is 574. The predicted molar refractivity (Wildman–Crippen MR) is 122 cm³/mol. The van der Waals surface area contributed by atoms with Gasteiger partial charge in [0.25, 0.3) is 0 Å². The minimum absolute atomic E-state index is 0.0355. The van der Waals surface area contributed by atoms with E-state index in [1.54, 1.807) is 12.1 Å². The first-order valence-electron chi connectivity index (χ1n) is 11.4. The summed E-state index contributed by atoms with van der Waals surface area (Å²) in [6, 6.07) is 5.07. The highest BCUT2D eigenvalue weighted by molar-refractivity contribution is 5.41. The second-order valence-electron chi connectivity index (χ2n) is 9.44. The highest BCUT2D eigenvalue weighted by Gasteiger charge is 2.07. The van der Waals surface area contributed by atoms with E-state index in [1.807, 2.05) is 6.07 Å². The maximum absolute atomic E-state index is 9.57. The van der Waals surface area contributed by atoms with E-state index in [-0.39, 0.29) is 11.5 Å². The normalized spacial score (nSPS) is 14.4. The number of benzene rings is 1. The molecule has 2 unspecified atom stereocenters. The Morgan fingerprint density at radius 1 is 0.821 bits per heavy atom.